The standard InChI is InChI=1S/C8H16N4O/c1-5(9)4-6(7(10)11)8(13)12(2)3/h4H,9-11H2,1-3H3/b5-4-. The zero-order valence-corrected chi connectivity index (χ0v) is 8.16. The summed E-state index contributed by atoms with van der Waals surface area (Å²) in [6, 6.07) is 0. The van der Waals surface area contributed by atoms with Crippen LogP contribution in [0.4, 0.5) is 0 Å². The van der Waals surface area contributed by atoms with E-state index in [-0.39, 0.29) is 17.3 Å². The maximum Gasteiger partial charge on any atom is 0.257 e. The van der Waals surface area contributed by atoms with Gasteiger partial charge in [-0.25, -0.2) is 0 Å². The fourth-order valence-corrected chi connectivity index (χ4v) is 0.737. The number of rotatable bonds is 2. The topological polar surface area (TPSA) is 98.4 Å². The SMILES string of the molecule is C/C(N)=C/C(C(=O)N(C)C)=C(N)N. The molecule has 0 aromatic heterocycles. The maximum atomic E-state index is 11.4. The van der Waals surface area contributed by atoms with Gasteiger partial charge in [0.2, 0.25) is 0 Å². The molecule has 74 valence electrons. The first-order valence-electron chi connectivity index (χ1n) is 3.77. The minimum atomic E-state index is -0.259. The molecule has 0 heterocycles. The first-order valence-corrected chi connectivity index (χ1v) is 3.77. The Balaban J connectivity index is 4.98. The summed E-state index contributed by atoms with van der Waals surface area (Å²) in [5.41, 5.74) is 16.8. The number of carbonyl (C=O) groups is 1. The van der Waals surface area contributed by atoms with Gasteiger partial charge in [0.25, 0.3) is 5.91 Å². The van der Waals surface area contributed by atoms with Crippen LogP contribution in [0.1, 0.15) is 6.92 Å². The second-order valence-electron chi connectivity index (χ2n) is 2.96. The molecule has 0 aromatic rings. The summed E-state index contributed by atoms with van der Waals surface area (Å²) in [6.07, 6.45) is 1.46. The lowest BCUT2D eigenvalue weighted by molar-refractivity contribution is -0.124. The number of nitrogens with zero attached hydrogens (tertiary/aromatic N) is 1. The summed E-state index contributed by atoms with van der Waals surface area (Å²) >= 11 is 0. The molecule has 0 fully saturated rings. The normalized spacial score (nSPS) is 10.8. The monoisotopic (exact) mass is 184 g/mol. The summed E-state index contributed by atoms with van der Waals surface area (Å²) in [4.78, 5) is 12.8. The first kappa shape index (κ1) is 11.4. The zero-order chi connectivity index (χ0) is 10.6. The van der Waals surface area contributed by atoms with Gasteiger partial charge >= 0.3 is 0 Å². The highest BCUT2D eigenvalue weighted by molar-refractivity contribution is 5.96. The molecule has 0 aromatic carbocycles. The lowest BCUT2D eigenvalue weighted by Gasteiger charge is -2.12. The number of carbonyl (C=O) groups excluding carboxylic acids is 1. The molecule has 0 bridgehead atoms. The third-order valence-corrected chi connectivity index (χ3v) is 1.32. The summed E-state index contributed by atoms with van der Waals surface area (Å²) in [5.74, 6) is -0.284. The number of hydrogen-bond donors (Lipinski definition) is 3. The van der Waals surface area contributed by atoms with E-state index >= 15 is 0 Å². The molecule has 6 N–H and O–H groups in total. The maximum absolute atomic E-state index is 11.4. The minimum Gasteiger partial charge on any atom is -0.402 e. The number of hydrogen-bond acceptors (Lipinski definition) is 4. The van der Waals surface area contributed by atoms with E-state index in [1.165, 1.54) is 11.0 Å². The highest BCUT2D eigenvalue weighted by Crippen LogP contribution is 2.03. The molecular formula is C8H16N4O. The molecule has 0 rings (SSSR count). The van der Waals surface area contributed by atoms with Crippen LogP contribution in [0.2, 0.25) is 0 Å². The molecule has 0 saturated carbocycles. The molecular weight excluding hydrogens is 168 g/mol. The molecule has 0 aliphatic heterocycles. The molecule has 0 unspecified atom stereocenters. The van der Waals surface area contributed by atoms with Gasteiger partial charge in [0.1, 0.15) is 5.82 Å². The average Bonchev–Trinajstić information content (AvgIpc) is 1.97. The number of amides is 1. The number of allylic oxidation sites excluding steroid dienone is 1. The predicted molar refractivity (Wildman–Crippen MR) is 52.0 cm³/mol. The van der Waals surface area contributed by atoms with Crippen molar-refractivity contribution in [3.8, 4) is 0 Å². The van der Waals surface area contributed by atoms with Crippen LogP contribution < -0.4 is 17.2 Å². The third-order valence-electron chi connectivity index (χ3n) is 1.32. The van der Waals surface area contributed by atoms with E-state index in [1.54, 1.807) is 21.0 Å². The predicted octanol–water partition coefficient (Wildman–Crippen LogP) is -0.934. The fourth-order valence-electron chi connectivity index (χ4n) is 0.737. The Hall–Kier alpha value is -1.65. The summed E-state index contributed by atoms with van der Waals surface area (Å²) in [7, 11) is 3.23. The van der Waals surface area contributed by atoms with E-state index in [0.717, 1.165) is 0 Å². The van der Waals surface area contributed by atoms with Gasteiger partial charge in [-0.05, 0) is 13.0 Å². The fraction of sp³-hybridized carbons (Fsp3) is 0.375. The Morgan fingerprint density at radius 3 is 1.92 bits per heavy atom. The second-order valence-corrected chi connectivity index (χ2v) is 2.96. The van der Waals surface area contributed by atoms with E-state index in [0.29, 0.717) is 5.70 Å². The van der Waals surface area contributed by atoms with Crippen molar-refractivity contribution in [2.75, 3.05) is 14.1 Å². The van der Waals surface area contributed by atoms with Gasteiger partial charge in [-0.1, -0.05) is 0 Å². The van der Waals surface area contributed by atoms with Crippen LogP contribution >= 0.6 is 0 Å². The Morgan fingerprint density at radius 2 is 1.69 bits per heavy atom. The smallest absolute Gasteiger partial charge is 0.257 e. The second kappa shape index (κ2) is 4.39. The molecule has 0 saturated heterocycles. The van der Waals surface area contributed by atoms with Crippen molar-refractivity contribution >= 4 is 5.91 Å². The van der Waals surface area contributed by atoms with Crippen LogP contribution in [0.25, 0.3) is 0 Å². The van der Waals surface area contributed by atoms with Gasteiger partial charge < -0.3 is 22.1 Å². The van der Waals surface area contributed by atoms with Crippen LogP contribution in [0.5, 0.6) is 0 Å². The van der Waals surface area contributed by atoms with Crippen LogP contribution in [0.3, 0.4) is 0 Å². The third kappa shape index (κ3) is 3.50. The first-order chi connectivity index (χ1) is 5.86. The van der Waals surface area contributed by atoms with Gasteiger partial charge in [-0.15, -0.1) is 0 Å². The summed E-state index contributed by atoms with van der Waals surface area (Å²) in [5, 5.41) is 0. The minimum absolute atomic E-state index is 0.0245. The zero-order valence-electron chi connectivity index (χ0n) is 8.16. The molecule has 5 nitrogen and oxygen atoms in total. The van der Waals surface area contributed by atoms with Crippen LogP contribution in [-0.4, -0.2) is 24.9 Å². The highest BCUT2D eigenvalue weighted by Gasteiger charge is 2.11. The van der Waals surface area contributed by atoms with Crippen molar-refractivity contribution in [3.63, 3.8) is 0 Å². The number of nitrogens with two attached hydrogens (primary N) is 3. The van der Waals surface area contributed by atoms with E-state index in [9.17, 15) is 4.79 Å². The van der Waals surface area contributed by atoms with Crippen LogP contribution in [-0.2, 0) is 4.79 Å². The van der Waals surface area contributed by atoms with Crippen molar-refractivity contribution in [2.45, 2.75) is 6.92 Å². The van der Waals surface area contributed by atoms with Crippen molar-refractivity contribution in [3.05, 3.63) is 23.2 Å². The molecule has 1 amide bonds. The quantitative estimate of drug-likeness (QED) is 0.381. The lowest BCUT2D eigenvalue weighted by atomic mass is 10.2. The van der Waals surface area contributed by atoms with Gasteiger partial charge in [-0.3, -0.25) is 4.79 Å². The Morgan fingerprint density at radius 1 is 1.23 bits per heavy atom. The Bertz CT molecular complexity index is 257. The Labute approximate surface area is 77.9 Å². The van der Waals surface area contributed by atoms with Crippen molar-refractivity contribution in [1.82, 2.24) is 4.90 Å². The van der Waals surface area contributed by atoms with Gasteiger partial charge in [-0.2, -0.15) is 0 Å². The average molecular weight is 184 g/mol. The summed E-state index contributed by atoms with van der Waals surface area (Å²) < 4.78 is 0. The molecule has 0 aliphatic rings. The van der Waals surface area contributed by atoms with E-state index < -0.39 is 0 Å². The highest BCUT2D eigenvalue weighted by atomic mass is 16.2. The van der Waals surface area contributed by atoms with Gasteiger partial charge in [0.05, 0.1) is 5.57 Å². The van der Waals surface area contributed by atoms with E-state index in [2.05, 4.69) is 0 Å². The largest absolute Gasteiger partial charge is 0.402 e. The Kier molecular flexibility index (Phi) is 3.84. The molecule has 5 heteroatoms. The van der Waals surface area contributed by atoms with Crippen molar-refractivity contribution in [1.29, 1.82) is 0 Å². The molecule has 13 heavy (non-hydrogen) atoms. The molecule has 0 atom stereocenters. The van der Waals surface area contributed by atoms with Crippen LogP contribution in [0, 0.1) is 0 Å². The van der Waals surface area contributed by atoms with Crippen LogP contribution in [0.15, 0.2) is 23.2 Å². The number of likely N-dealkylation sites (N-methyl/N-ethyl adjacent to an activating group) is 1. The van der Waals surface area contributed by atoms with Crippen molar-refractivity contribution in [2.24, 2.45) is 17.2 Å². The molecule has 0 aliphatic carbocycles. The van der Waals surface area contributed by atoms with Gasteiger partial charge in [0.15, 0.2) is 0 Å². The lowest BCUT2D eigenvalue weighted by Crippen LogP contribution is -2.27. The van der Waals surface area contributed by atoms with E-state index in [1.807, 2.05) is 0 Å². The molecule has 0 spiro atoms. The summed E-state index contributed by atoms with van der Waals surface area (Å²) in [6.45, 7) is 1.66. The van der Waals surface area contributed by atoms with Gasteiger partial charge in [0, 0.05) is 19.8 Å². The molecule has 0 radical (unpaired) electrons. The van der Waals surface area contributed by atoms with E-state index in [4.69, 9.17) is 17.2 Å². The van der Waals surface area contributed by atoms with Crippen molar-refractivity contribution < 1.29 is 4.79 Å².